The number of ether oxygens (including phenoxy) is 4. The lowest BCUT2D eigenvalue weighted by atomic mass is 10.1. The van der Waals surface area contributed by atoms with E-state index in [1.54, 1.807) is 125 Å². The third kappa shape index (κ3) is 17.6. The zero-order valence-electron chi connectivity index (χ0n) is 38.5. The van der Waals surface area contributed by atoms with Crippen LogP contribution in [0.25, 0.3) is 10.4 Å². The average Bonchev–Trinajstić information content (AvgIpc) is 3.59. The Morgan fingerprint density at radius 1 is 0.746 bits per heavy atom. The summed E-state index contributed by atoms with van der Waals surface area (Å²) in [7, 11) is -4.32. The number of thiophene rings is 1. The van der Waals surface area contributed by atoms with Crippen molar-refractivity contribution in [1.82, 2.24) is 26.0 Å². The minimum atomic E-state index is -4.32. The Labute approximate surface area is 374 Å². The lowest BCUT2D eigenvalue weighted by molar-refractivity contribution is -0.146. The Morgan fingerprint density at radius 2 is 1.29 bits per heavy atom. The van der Waals surface area contributed by atoms with Gasteiger partial charge in [0.1, 0.15) is 29.5 Å². The summed E-state index contributed by atoms with van der Waals surface area (Å²) >= 11 is 1.11. The molecule has 3 rings (SSSR count). The fourth-order valence-corrected chi connectivity index (χ4v) is 8.34. The van der Waals surface area contributed by atoms with E-state index in [-0.39, 0.29) is 28.3 Å². The predicted molar refractivity (Wildman–Crippen MR) is 242 cm³/mol. The molecule has 4 amide bonds. The van der Waals surface area contributed by atoms with Gasteiger partial charge >= 0.3 is 24.2 Å². The van der Waals surface area contributed by atoms with Crippen LogP contribution in [0.15, 0.2) is 58.4 Å². The van der Waals surface area contributed by atoms with Crippen molar-refractivity contribution in [1.29, 1.82) is 0 Å². The molecular formula is C44H62N6O11S2. The summed E-state index contributed by atoms with van der Waals surface area (Å²) in [6.45, 7) is 23.2. The van der Waals surface area contributed by atoms with Crippen molar-refractivity contribution in [2.45, 2.75) is 131 Å². The van der Waals surface area contributed by atoms with E-state index in [0.29, 0.717) is 27.3 Å². The maximum Gasteiger partial charge on any atom is 0.414 e. The predicted octanol–water partition coefficient (Wildman–Crippen LogP) is 7.55. The van der Waals surface area contributed by atoms with Gasteiger partial charge in [0.25, 0.3) is 5.91 Å². The summed E-state index contributed by atoms with van der Waals surface area (Å²) in [4.78, 5) is 70.3. The molecule has 3 aromatic rings. The first-order valence-electron chi connectivity index (χ1n) is 20.2. The van der Waals surface area contributed by atoms with Gasteiger partial charge in [-0.25, -0.2) is 27.8 Å². The number of carbonyl (C=O) groups is 5. The van der Waals surface area contributed by atoms with Gasteiger partial charge in [-0.05, 0) is 130 Å². The molecule has 1 aromatic heterocycles. The van der Waals surface area contributed by atoms with Gasteiger partial charge in [-0.15, -0.1) is 11.3 Å². The third-order valence-electron chi connectivity index (χ3n) is 8.27. The Hall–Kier alpha value is -5.53. The molecule has 2 atom stereocenters. The van der Waals surface area contributed by atoms with E-state index >= 15 is 0 Å². The number of sulfonamides is 1. The first-order valence-corrected chi connectivity index (χ1v) is 22.5. The van der Waals surface area contributed by atoms with Crippen LogP contribution in [0.2, 0.25) is 0 Å². The number of alkyl carbamates (subject to hydrolysis) is 3. The topological polar surface area (TPSA) is 229 Å². The molecule has 346 valence electrons. The van der Waals surface area contributed by atoms with Crippen molar-refractivity contribution >= 4 is 63.2 Å². The highest BCUT2D eigenvalue weighted by Crippen LogP contribution is 2.31. The molecule has 63 heavy (non-hydrogen) atoms. The highest BCUT2D eigenvalue weighted by atomic mass is 32.2. The molecule has 0 saturated carbocycles. The molecule has 2 unspecified atom stereocenters. The molecule has 0 aliphatic rings. The van der Waals surface area contributed by atoms with Gasteiger partial charge in [0.2, 0.25) is 16.0 Å². The molecule has 5 N–H and O–H groups in total. The van der Waals surface area contributed by atoms with Crippen LogP contribution in [0, 0.1) is 26.7 Å². The molecule has 0 fully saturated rings. The normalized spacial score (nSPS) is 12.9. The number of carbonyl (C=O) groups excluding carboxylic acids is 5. The van der Waals surface area contributed by atoms with E-state index < -0.39 is 75.6 Å². The molecule has 17 nitrogen and oxygen atoms in total. The second kappa shape index (κ2) is 21.2. The number of amides is 4. The van der Waals surface area contributed by atoms with Crippen molar-refractivity contribution in [3.05, 3.63) is 70.1 Å². The van der Waals surface area contributed by atoms with Crippen molar-refractivity contribution in [3.8, 4) is 10.4 Å². The Bertz CT molecular complexity index is 2230. The fraction of sp³-hybridized carbons (Fsp3) is 0.500. The lowest BCUT2D eigenvalue weighted by Crippen LogP contribution is -2.51. The maximum atomic E-state index is 13.8. The van der Waals surface area contributed by atoms with Crippen LogP contribution in [-0.4, -0.2) is 86.6 Å². The second-order valence-corrected chi connectivity index (χ2v) is 20.9. The first-order chi connectivity index (χ1) is 28.9. The molecule has 2 aromatic carbocycles. The summed E-state index contributed by atoms with van der Waals surface area (Å²) in [6, 6.07) is 11.2. The number of esters is 1. The van der Waals surface area contributed by atoms with Gasteiger partial charge in [-0.1, -0.05) is 43.7 Å². The van der Waals surface area contributed by atoms with Crippen LogP contribution in [0.5, 0.6) is 0 Å². The van der Waals surface area contributed by atoms with Crippen LogP contribution >= 0.6 is 11.3 Å². The number of nitrogens with zero attached hydrogens (tertiary/aromatic N) is 1. The minimum Gasteiger partial charge on any atom is -0.462 e. The van der Waals surface area contributed by atoms with Gasteiger partial charge in [0.05, 0.1) is 21.5 Å². The van der Waals surface area contributed by atoms with E-state index in [4.69, 9.17) is 18.9 Å². The average molecular weight is 915 g/mol. The monoisotopic (exact) mass is 914 g/mol. The van der Waals surface area contributed by atoms with Crippen LogP contribution in [0.4, 0.5) is 20.1 Å². The van der Waals surface area contributed by atoms with Crippen molar-refractivity contribution in [2.24, 2.45) is 10.9 Å². The first kappa shape index (κ1) is 51.8. The van der Waals surface area contributed by atoms with E-state index in [9.17, 15) is 32.4 Å². The van der Waals surface area contributed by atoms with Crippen LogP contribution in [0.3, 0.4) is 0 Å². The molecular weight excluding hydrogens is 853 g/mol. The molecule has 19 heteroatoms. The highest BCUT2D eigenvalue weighted by Gasteiger charge is 2.32. The summed E-state index contributed by atoms with van der Waals surface area (Å²) in [5.41, 5.74) is 0.306. The fourth-order valence-electron chi connectivity index (χ4n) is 5.78. The van der Waals surface area contributed by atoms with Crippen molar-refractivity contribution < 1.29 is 51.3 Å². The standard InChI is InChI=1S/C44H62N6O11S2/c1-25(2)32(47-39(53)59-42(6,7)8)24-58-37(52)31(50-63(56,57)35-27(4)20-26(3)21-28(35)5)23-45-36(51)34-19-18-33(62-34)29-16-15-17-30(22-29)46-38(48-40(54)60-43(9,10)11)49-41(55)61-44(12,13)14/h15-22,25,31-32,50H,23-24H2,1-14H3,(H,45,51)(H,47,53)(H2,46,48,49,54,55). The van der Waals surface area contributed by atoms with E-state index in [1.807, 2.05) is 20.8 Å². The van der Waals surface area contributed by atoms with E-state index in [2.05, 4.69) is 31.0 Å². The summed E-state index contributed by atoms with van der Waals surface area (Å²) in [5, 5.41) is 10.2. The summed E-state index contributed by atoms with van der Waals surface area (Å²) in [6.07, 6.45) is -2.43. The number of rotatable bonds is 13. The number of nitrogens with one attached hydrogen (secondary N) is 5. The maximum absolute atomic E-state index is 13.8. The SMILES string of the molecule is Cc1cc(C)c(S(=O)(=O)NC(CNC(=O)c2ccc(-c3cccc(N=C(NC(=O)OC(C)(C)C)NC(=O)OC(C)(C)C)c3)s2)C(=O)OCC(NC(=O)OC(C)(C)C)C(C)C)c(C)c1. The van der Waals surface area contributed by atoms with Crippen LogP contribution in [-0.2, 0) is 33.8 Å². The van der Waals surface area contributed by atoms with Crippen molar-refractivity contribution in [3.63, 3.8) is 0 Å². The molecule has 1 heterocycles. The summed E-state index contributed by atoms with van der Waals surface area (Å²) < 4.78 is 51.7. The third-order valence-corrected chi connectivity index (χ3v) is 11.2. The molecule has 0 aliphatic carbocycles. The number of guanidine groups is 1. The van der Waals surface area contributed by atoms with Gasteiger partial charge < -0.3 is 29.6 Å². The highest BCUT2D eigenvalue weighted by molar-refractivity contribution is 7.89. The molecule has 0 aliphatic heterocycles. The largest absolute Gasteiger partial charge is 0.462 e. The Morgan fingerprint density at radius 3 is 1.81 bits per heavy atom. The zero-order valence-corrected chi connectivity index (χ0v) is 40.2. The molecule has 0 radical (unpaired) electrons. The Kier molecular flexibility index (Phi) is 17.5. The lowest BCUT2D eigenvalue weighted by Gasteiger charge is -2.26. The Balaban J connectivity index is 1.87. The van der Waals surface area contributed by atoms with Crippen molar-refractivity contribution in [2.75, 3.05) is 13.2 Å². The number of aliphatic imine (C=N–C) groups is 1. The molecule has 0 saturated heterocycles. The second-order valence-electron chi connectivity index (χ2n) is 18.2. The smallest absolute Gasteiger partial charge is 0.414 e. The number of hydrogen-bond donors (Lipinski definition) is 5. The molecule has 0 bridgehead atoms. The van der Waals surface area contributed by atoms with Crippen LogP contribution < -0.4 is 26.0 Å². The minimum absolute atomic E-state index is 0.00768. The van der Waals surface area contributed by atoms with E-state index in [1.165, 1.54) is 0 Å². The number of hydrogen-bond acceptors (Lipinski definition) is 13. The van der Waals surface area contributed by atoms with E-state index in [0.717, 1.165) is 16.9 Å². The number of benzene rings is 2. The summed E-state index contributed by atoms with van der Waals surface area (Å²) in [5.74, 6) is -2.04. The molecule has 0 spiro atoms. The van der Waals surface area contributed by atoms with Gasteiger partial charge in [-0.3, -0.25) is 20.2 Å². The van der Waals surface area contributed by atoms with Crippen LogP contribution in [0.1, 0.15) is 103 Å². The van der Waals surface area contributed by atoms with Gasteiger partial charge in [0, 0.05) is 11.4 Å². The van der Waals surface area contributed by atoms with Gasteiger partial charge in [-0.2, -0.15) is 4.72 Å². The number of aryl methyl sites for hydroxylation is 3. The quantitative estimate of drug-likeness (QED) is 0.0487. The zero-order chi connectivity index (χ0) is 47.7. The van der Waals surface area contributed by atoms with Gasteiger partial charge in [0.15, 0.2) is 0 Å².